The van der Waals surface area contributed by atoms with E-state index in [0.29, 0.717) is 5.02 Å². The molecule has 0 heterocycles. The number of carbonyl (C=O) groups is 1. The second kappa shape index (κ2) is 5.59. The van der Waals surface area contributed by atoms with Crippen LogP contribution in [0, 0.1) is 12.7 Å². The van der Waals surface area contributed by atoms with Crippen LogP contribution in [0.25, 0.3) is 0 Å². The lowest BCUT2D eigenvalue weighted by Gasteiger charge is -2.07. The second-order valence-corrected chi connectivity index (χ2v) is 4.71. The van der Waals surface area contributed by atoms with Crippen LogP contribution in [0.1, 0.15) is 15.9 Å². The van der Waals surface area contributed by atoms with Crippen LogP contribution in [-0.4, -0.2) is 5.97 Å². The Hall–Kier alpha value is -1.58. The first kappa shape index (κ1) is 13.8. The van der Waals surface area contributed by atoms with E-state index in [-0.39, 0.29) is 16.3 Å². The van der Waals surface area contributed by atoms with Crippen molar-refractivity contribution in [2.24, 2.45) is 0 Å². The summed E-state index contributed by atoms with van der Waals surface area (Å²) < 4.78 is 18.6. The van der Waals surface area contributed by atoms with Crippen molar-refractivity contribution in [2.45, 2.75) is 6.92 Å². The van der Waals surface area contributed by atoms with Crippen molar-refractivity contribution < 1.29 is 13.9 Å². The largest absolute Gasteiger partial charge is 0.423 e. The van der Waals surface area contributed by atoms with E-state index in [1.807, 2.05) is 0 Å². The van der Waals surface area contributed by atoms with Crippen molar-refractivity contribution in [3.8, 4) is 5.75 Å². The van der Waals surface area contributed by atoms with Gasteiger partial charge in [0.05, 0.1) is 5.02 Å². The van der Waals surface area contributed by atoms with E-state index in [0.717, 1.165) is 11.6 Å². The highest BCUT2D eigenvalue weighted by Gasteiger charge is 2.18. The number of ether oxygens (including phenoxy) is 1. The van der Waals surface area contributed by atoms with Crippen LogP contribution in [0.2, 0.25) is 10.0 Å². The van der Waals surface area contributed by atoms with Crippen molar-refractivity contribution in [3.05, 3.63) is 63.4 Å². The Morgan fingerprint density at radius 3 is 2.53 bits per heavy atom. The van der Waals surface area contributed by atoms with Crippen molar-refractivity contribution in [1.82, 2.24) is 0 Å². The Morgan fingerprint density at radius 1 is 1.16 bits per heavy atom. The Balaban J connectivity index is 2.28. The van der Waals surface area contributed by atoms with E-state index >= 15 is 0 Å². The van der Waals surface area contributed by atoms with E-state index in [4.69, 9.17) is 27.9 Å². The first-order valence-corrected chi connectivity index (χ1v) is 6.17. The first-order valence-electron chi connectivity index (χ1n) is 5.41. The van der Waals surface area contributed by atoms with E-state index in [1.165, 1.54) is 18.2 Å². The maximum atomic E-state index is 13.5. The van der Waals surface area contributed by atoms with Crippen LogP contribution in [-0.2, 0) is 0 Å². The number of carbonyl (C=O) groups excluding carboxylic acids is 1. The predicted molar refractivity (Wildman–Crippen MR) is 72.6 cm³/mol. The minimum Gasteiger partial charge on any atom is -0.423 e. The van der Waals surface area contributed by atoms with E-state index in [2.05, 4.69) is 0 Å². The van der Waals surface area contributed by atoms with Gasteiger partial charge in [-0.05, 0) is 42.8 Å². The summed E-state index contributed by atoms with van der Waals surface area (Å²) in [5.74, 6) is -1.28. The molecule has 0 atom stereocenters. The van der Waals surface area contributed by atoms with Gasteiger partial charge in [0.25, 0.3) is 0 Å². The third-order valence-electron chi connectivity index (χ3n) is 2.51. The molecule has 0 bridgehead atoms. The van der Waals surface area contributed by atoms with Gasteiger partial charge >= 0.3 is 5.97 Å². The molecular formula is C14H9Cl2FO2. The summed E-state index contributed by atoms with van der Waals surface area (Å²) in [5, 5.41) is 0.569. The topological polar surface area (TPSA) is 26.3 Å². The number of aryl methyl sites for hydroxylation is 1. The lowest BCUT2D eigenvalue weighted by molar-refractivity contribution is 0.0730. The molecule has 5 heteroatoms. The number of rotatable bonds is 2. The smallest absolute Gasteiger partial charge is 0.348 e. The minimum atomic E-state index is -0.843. The summed E-state index contributed by atoms with van der Waals surface area (Å²) in [7, 11) is 0. The molecule has 0 amide bonds. The zero-order valence-corrected chi connectivity index (χ0v) is 11.4. The summed E-state index contributed by atoms with van der Waals surface area (Å²) in [4.78, 5) is 11.9. The summed E-state index contributed by atoms with van der Waals surface area (Å²) in [5.41, 5.74) is 0.475. The molecule has 0 aliphatic carbocycles. The quantitative estimate of drug-likeness (QED) is 0.595. The number of benzene rings is 2. The fourth-order valence-electron chi connectivity index (χ4n) is 1.53. The first-order chi connectivity index (χ1) is 8.99. The molecule has 0 aromatic heterocycles. The third-order valence-corrected chi connectivity index (χ3v) is 3.25. The summed E-state index contributed by atoms with van der Waals surface area (Å²) in [6.07, 6.45) is 0. The average Bonchev–Trinajstić information content (AvgIpc) is 2.33. The maximum absolute atomic E-state index is 13.5. The van der Waals surface area contributed by atoms with E-state index in [1.54, 1.807) is 19.1 Å². The van der Waals surface area contributed by atoms with Gasteiger partial charge in [0, 0.05) is 5.02 Å². The molecule has 0 fully saturated rings. The SMILES string of the molecule is Cc1cc(OC(=O)c2c(F)cccc2Cl)ccc1Cl. The van der Waals surface area contributed by atoms with Crippen LogP contribution < -0.4 is 4.74 Å². The molecule has 0 aliphatic heterocycles. The van der Waals surface area contributed by atoms with Crippen LogP contribution in [0.4, 0.5) is 4.39 Å². The van der Waals surface area contributed by atoms with Gasteiger partial charge in [-0.25, -0.2) is 9.18 Å². The monoisotopic (exact) mass is 298 g/mol. The van der Waals surface area contributed by atoms with E-state index in [9.17, 15) is 9.18 Å². The zero-order valence-electron chi connectivity index (χ0n) is 9.91. The highest BCUT2D eigenvalue weighted by Crippen LogP contribution is 2.24. The Bertz CT molecular complexity index is 621. The van der Waals surface area contributed by atoms with Crippen molar-refractivity contribution >= 4 is 29.2 Å². The Labute approximate surface area is 119 Å². The molecule has 2 nitrogen and oxygen atoms in total. The molecule has 0 unspecified atom stereocenters. The van der Waals surface area contributed by atoms with Gasteiger partial charge in [-0.15, -0.1) is 0 Å². The van der Waals surface area contributed by atoms with Crippen LogP contribution in [0.15, 0.2) is 36.4 Å². The van der Waals surface area contributed by atoms with Gasteiger partial charge in [0.15, 0.2) is 0 Å². The molecule has 2 aromatic carbocycles. The van der Waals surface area contributed by atoms with Crippen molar-refractivity contribution in [2.75, 3.05) is 0 Å². The molecule has 0 saturated heterocycles. The predicted octanol–water partition coefficient (Wildman–Crippen LogP) is 4.66. The molecular weight excluding hydrogens is 290 g/mol. The highest BCUT2D eigenvalue weighted by atomic mass is 35.5. The second-order valence-electron chi connectivity index (χ2n) is 3.90. The van der Waals surface area contributed by atoms with Gasteiger partial charge in [0.2, 0.25) is 0 Å². The minimum absolute atomic E-state index is 0.00989. The Kier molecular flexibility index (Phi) is 4.08. The molecule has 0 aliphatic rings. The third kappa shape index (κ3) is 3.06. The fourth-order valence-corrected chi connectivity index (χ4v) is 1.89. The van der Waals surface area contributed by atoms with E-state index < -0.39 is 11.8 Å². The number of halogens is 3. The number of hydrogen-bond acceptors (Lipinski definition) is 2. The molecule has 2 aromatic rings. The molecule has 98 valence electrons. The zero-order chi connectivity index (χ0) is 14.0. The van der Waals surface area contributed by atoms with Crippen LogP contribution in [0.5, 0.6) is 5.75 Å². The normalized spacial score (nSPS) is 10.3. The van der Waals surface area contributed by atoms with Gasteiger partial charge in [-0.2, -0.15) is 0 Å². The average molecular weight is 299 g/mol. The maximum Gasteiger partial charge on any atom is 0.348 e. The number of esters is 1. The van der Waals surface area contributed by atoms with Gasteiger partial charge in [-0.3, -0.25) is 0 Å². The molecule has 0 N–H and O–H groups in total. The molecule has 0 spiro atoms. The lowest BCUT2D eigenvalue weighted by atomic mass is 10.2. The molecule has 2 rings (SSSR count). The summed E-state index contributed by atoms with van der Waals surface area (Å²) >= 11 is 11.6. The van der Waals surface area contributed by atoms with Gasteiger partial charge < -0.3 is 4.74 Å². The molecule has 0 radical (unpaired) electrons. The fraction of sp³-hybridized carbons (Fsp3) is 0.0714. The summed E-state index contributed by atoms with van der Waals surface area (Å²) in [6.45, 7) is 1.77. The van der Waals surface area contributed by atoms with Crippen molar-refractivity contribution in [3.63, 3.8) is 0 Å². The lowest BCUT2D eigenvalue weighted by Crippen LogP contribution is -2.11. The van der Waals surface area contributed by atoms with Gasteiger partial charge in [-0.1, -0.05) is 29.3 Å². The summed E-state index contributed by atoms with van der Waals surface area (Å²) in [6, 6.07) is 8.71. The van der Waals surface area contributed by atoms with Gasteiger partial charge in [0.1, 0.15) is 17.1 Å². The molecule has 0 saturated carbocycles. The highest BCUT2D eigenvalue weighted by molar-refractivity contribution is 6.33. The number of hydrogen-bond donors (Lipinski definition) is 0. The van der Waals surface area contributed by atoms with Crippen LogP contribution >= 0.6 is 23.2 Å². The molecule has 19 heavy (non-hydrogen) atoms. The standard InChI is InChI=1S/C14H9Cl2FO2/c1-8-7-9(5-6-10(8)15)19-14(18)13-11(16)3-2-4-12(13)17/h2-7H,1H3. The van der Waals surface area contributed by atoms with Crippen molar-refractivity contribution in [1.29, 1.82) is 0 Å². The van der Waals surface area contributed by atoms with Crippen LogP contribution in [0.3, 0.4) is 0 Å². The Morgan fingerprint density at radius 2 is 1.89 bits per heavy atom.